The van der Waals surface area contributed by atoms with Gasteiger partial charge in [-0.15, -0.1) is 11.8 Å². The van der Waals surface area contributed by atoms with Crippen LogP contribution in [0.2, 0.25) is 0 Å². The number of fused-ring (bicyclic) bond motifs is 2. The van der Waals surface area contributed by atoms with E-state index in [9.17, 15) is 9.59 Å². The number of aryl methyl sites for hydroxylation is 2. The summed E-state index contributed by atoms with van der Waals surface area (Å²) in [4.78, 5) is 30.4. The number of benzene rings is 3. The first-order valence-electron chi connectivity index (χ1n) is 11.6. The van der Waals surface area contributed by atoms with Crippen molar-refractivity contribution < 1.29 is 13.9 Å². The lowest BCUT2D eigenvalue weighted by Crippen LogP contribution is -2.31. The number of carbonyl (C=O) groups excluding carboxylic acids is 1. The van der Waals surface area contributed by atoms with Gasteiger partial charge in [0.15, 0.2) is 5.43 Å². The van der Waals surface area contributed by atoms with E-state index in [1.807, 2.05) is 80.8 Å². The Morgan fingerprint density at radius 1 is 1.00 bits per heavy atom. The van der Waals surface area contributed by atoms with Gasteiger partial charge >= 0.3 is 0 Å². The van der Waals surface area contributed by atoms with Crippen molar-refractivity contribution in [1.82, 2.24) is 4.90 Å². The third-order valence-electron chi connectivity index (χ3n) is 6.63. The Morgan fingerprint density at radius 2 is 1.71 bits per heavy atom. The fourth-order valence-corrected chi connectivity index (χ4v) is 5.29. The van der Waals surface area contributed by atoms with Crippen molar-refractivity contribution in [2.75, 3.05) is 19.9 Å². The molecule has 1 unspecified atom stereocenters. The Hall–Kier alpha value is -3.51. The molecule has 4 aromatic rings. The van der Waals surface area contributed by atoms with Crippen molar-refractivity contribution in [1.29, 1.82) is 0 Å². The van der Waals surface area contributed by atoms with Crippen molar-refractivity contribution in [3.63, 3.8) is 0 Å². The lowest BCUT2D eigenvalue weighted by atomic mass is 9.97. The third kappa shape index (κ3) is 4.12. The first-order chi connectivity index (χ1) is 16.9. The smallest absolute Gasteiger partial charge is 0.290 e. The Balaban J connectivity index is 1.62. The molecule has 178 valence electrons. The van der Waals surface area contributed by atoms with Crippen LogP contribution in [0.4, 0.5) is 0 Å². The molecule has 0 fully saturated rings. The highest BCUT2D eigenvalue weighted by Gasteiger charge is 2.42. The minimum absolute atomic E-state index is 0.132. The van der Waals surface area contributed by atoms with Crippen LogP contribution in [0.5, 0.6) is 5.75 Å². The highest BCUT2D eigenvalue weighted by atomic mass is 32.2. The summed E-state index contributed by atoms with van der Waals surface area (Å²) in [6.45, 7) is 4.33. The SMILES string of the molecule is COc1ccc(CCN2C(=O)c3oc4c(C)cc(C)cc4c(=O)c3C2c2ccc(SC)cc2)cc1. The summed E-state index contributed by atoms with van der Waals surface area (Å²) in [5, 5.41) is 0.525. The lowest BCUT2D eigenvalue weighted by Gasteiger charge is -2.25. The summed E-state index contributed by atoms with van der Waals surface area (Å²) < 4.78 is 11.4. The van der Waals surface area contributed by atoms with Gasteiger partial charge in [0.1, 0.15) is 11.3 Å². The maximum Gasteiger partial charge on any atom is 0.290 e. The molecule has 0 bridgehead atoms. The molecule has 1 atom stereocenters. The summed E-state index contributed by atoms with van der Waals surface area (Å²) in [5.74, 6) is 0.701. The van der Waals surface area contributed by atoms with Gasteiger partial charge in [-0.2, -0.15) is 0 Å². The molecule has 2 heterocycles. The Bertz CT molecular complexity index is 1470. The second kappa shape index (κ2) is 9.27. The number of carbonyl (C=O) groups is 1. The molecule has 1 aromatic heterocycles. The molecule has 0 saturated carbocycles. The van der Waals surface area contributed by atoms with Gasteiger partial charge in [-0.3, -0.25) is 9.59 Å². The zero-order chi connectivity index (χ0) is 24.7. The van der Waals surface area contributed by atoms with E-state index in [-0.39, 0.29) is 17.1 Å². The van der Waals surface area contributed by atoms with E-state index in [0.717, 1.165) is 32.9 Å². The molecule has 0 N–H and O–H groups in total. The Labute approximate surface area is 208 Å². The van der Waals surface area contributed by atoms with Crippen LogP contribution in [0.15, 0.2) is 74.8 Å². The average Bonchev–Trinajstić information content (AvgIpc) is 3.15. The fraction of sp³-hybridized carbons (Fsp3) is 0.241. The zero-order valence-corrected chi connectivity index (χ0v) is 21.1. The van der Waals surface area contributed by atoms with Gasteiger partial charge in [-0.1, -0.05) is 30.3 Å². The number of hydrogen-bond donors (Lipinski definition) is 0. The highest BCUT2D eigenvalue weighted by Crippen LogP contribution is 2.39. The van der Waals surface area contributed by atoms with Gasteiger partial charge in [0.25, 0.3) is 5.91 Å². The zero-order valence-electron chi connectivity index (χ0n) is 20.3. The third-order valence-corrected chi connectivity index (χ3v) is 7.37. The van der Waals surface area contributed by atoms with E-state index in [1.165, 1.54) is 0 Å². The average molecular weight is 486 g/mol. The first-order valence-corrected chi connectivity index (χ1v) is 12.8. The molecular weight excluding hydrogens is 458 g/mol. The molecule has 35 heavy (non-hydrogen) atoms. The van der Waals surface area contributed by atoms with Crippen molar-refractivity contribution >= 4 is 28.6 Å². The summed E-state index contributed by atoms with van der Waals surface area (Å²) in [5.41, 5.74) is 4.62. The van der Waals surface area contributed by atoms with Gasteiger partial charge in [-0.05, 0) is 79.1 Å². The maximum atomic E-state index is 13.8. The molecule has 6 heteroatoms. The highest BCUT2D eigenvalue weighted by molar-refractivity contribution is 7.98. The molecule has 0 saturated heterocycles. The van der Waals surface area contributed by atoms with Gasteiger partial charge in [0.2, 0.25) is 5.76 Å². The van der Waals surface area contributed by atoms with Crippen LogP contribution in [-0.2, 0) is 6.42 Å². The monoisotopic (exact) mass is 485 g/mol. The van der Waals surface area contributed by atoms with Crippen molar-refractivity contribution in [2.45, 2.75) is 31.2 Å². The van der Waals surface area contributed by atoms with Crippen LogP contribution < -0.4 is 10.2 Å². The molecule has 5 nitrogen and oxygen atoms in total. The molecule has 5 rings (SSSR count). The summed E-state index contributed by atoms with van der Waals surface area (Å²) in [6, 6.07) is 19.2. The Morgan fingerprint density at radius 3 is 2.37 bits per heavy atom. The van der Waals surface area contributed by atoms with Crippen LogP contribution >= 0.6 is 11.8 Å². The van der Waals surface area contributed by atoms with Crippen LogP contribution in [0.1, 0.15) is 44.4 Å². The number of nitrogens with zero attached hydrogens (tertiary/aromatic N) is 1. The van der Waals surface area contributed by atoms with Gasteiger partial charge in [0.05, 0.1) is 24.1 Å². The van der Waals surface area contributed by atoms with E-state index < -0.39 is 6.04 Å². The van der Waals surface area contributed by atoms with E-state index in [1.54, 1.807) is 23.8 Å². The summed E-state index contributed by atoms with van der Waals surface area (Å²) in [7, 11) is 1.64. The largest absolute Gasteiger partial charge is 0.497 e. The van der Waals surface area contributed by atoms with Crippen molar-refractivity contribution in [2.24, 2.45) is 0 Å². The Kier molecular flexibility index (Phi) is 6.15. The van der Waals surface area contributed by atoms with Gasteiger partial charge in [0, 0.05) is 11.4 Å². The lowest BCUT2D eigenvalue weighted by molar-refractivity contribution is 0.0730. The van der Waals surface area contributed by atoms with Crippen molar-refractivity contribution in [3.05, 3.63) is 104 Å². The molecule has 1 aliphatic heterocycles. The minimum Gasteiger partial charge on any atom is -0.497 e. The normalized spacial score (nSPS) is 15.0. The summed E-state index contributed by atoms with van der Waals surface area (Å²) >= 11 is 1.65. The quantitative estimate of drug-likeness (QED) is 0.317. The van der Waals surface area contributed by atoms with Gasteiger partial charge in [-0.25, -0.2) is 0 Å². The second-order valence-electron chi connectivity index (χ2n) is 8.90. The first kappa shape index (κ1) is 23.2. The van der Waals surface area contributed by atoms with Crippen LogP contribution in [0.3, 0.4) is 0 Å². The number of amides is 1. The number of hydrogen-bond acceptors (Lipinski definition) is 5. The maximum absolute atomic E-state index is 13.8. The number of ether oxygens (including phenoxy) is 1. The molecule has 1 aliphatic rings. The summed E-state index contributed by atoms with van der Waals surface area (Å²) in [6.07, 6.45) is 2.67. The number of rotatable bonds is 6. The van der Waals surface area contributed by atoms with E-state index in [0.29, 0.717) is 29.5 Å². The molecule has 0 radical (unpaired) electrons. The predicted octanol–water partition coefficient (Wildman–Crippen LogP) is 5.93. The van der Waals surface area contributed by atoms with Crippen LogP contribution in [0, 0.1) is 13.8 Å². The van der Waals surface area contributed by atoms with Crippen LogP contribution in [0.25, 0.3) is 11.0 Å². The molecule has 3 aromatic carbocycles. The molecular formula is C29H27NO4S. The molecule has 1 amide bonds. The van der Waals surface area contributed by atoms with Crippen LogP contribution in [-0.4, -0.2) is 30.7 Å². The fourth-order valence-electron chi connectivity index (χ4n) is 4.88. The van der Waals surface area contributed by atoms with E-state index in [4.69, 9.17) is 9.15 Å². The van der Waals surface area contributed by atoms with E-state index in [2.05, 4.69) is 0 Å². The van der Waals surface area contributed by atoms with E-state index >= 15 is 0 Å². The van der Waals surface area contributed by atoms with Gasteiger partial charge < -0.3 is 14.1 Å². The van der Waals surface area contributed by atoms with Crippen molar-refractivity contribution in [3.8, 4) is 5.75 Å². The standard InChI is InChI=1S/C29H27NO4S/c1-17-15-18(2)27-23(16-17)26(31)24-25(20-7-11-22(35-4)12-8-20)30(29(32)28(24)34-27)14-13-19-5-9-21(33-3)10-6-19/h5-12,15-16,25H,13-14H2,1-4H3. The predicted molar refractivity (Wildman–Crippen MR) is 140 cm³/mol. The number of thioether (sulfide) groups is 1. The second-order valence-corrected chi connectivity index (χ2v) is 9.78. The topological polar surface area (TPSA) is 59.8 Å². The minimum atomic E-state index is -0.492. The number of methoxy groups -OCH3 is 1. The molecule has 0 aliphatic carbocycles. The molecule has 0 spiro atoms.